The van der Waals surface area contributed by atoms with Gasteiger partial charge in [-0.2, -0.15) is 0 Å². The molecule has 8 unspecified atom stereocenters. The monoisotopic (exact) mass is 346 g/mol. The summed E-state index contributed by atoms with van der Waals surface area (Å²) in [6.45, 7) is 6.61. The summed E-state index contributed by atoms with van der Waals surface area (Å²) >= 11 is 0. The van der Waals surface area contributed by atoms with Crippen molar-refractivity contribution >= 4 is 11.9 Å². The Kier molecular flexibility index (Phi) is 3.24. The van der Waals surface area contributed by atoms with E-state index < -0.39 is 5.41 Å². The molecule has 0 aromatic heterocycles. The largest absolute Gasteiger partial charge is 0.465 e. The van der Waals surface area contributed by atoms with Crippen LogP contribution in [-0.2, 0) is 19.1 Å². The minimum absolute atomic E-state index is 0.0396. The SMILES string of the molecule is CCC(C)(C)C(=O)OC1CC2CC1C1C2C2CC1C1(CCOC1=O)C2. The Hall–Kier alpha value is -1.06. The first kappa shape index (κ1) is 16.1. The number of carbonyl (C=O) groups is 2. The van der Waals surface area contributed by atoms with E-state index >= 15 is 0 Å². The Labute approximate surface area is 150 Å². The fourth-order valence-electron chi connectivity index (χ4n) is 7.40. The lowest BCUT2D eigenvalue weighted by molar-refractivity contribution is -0.167. The molecule has 1 saturated heterocycles. The highest BCUT2D eigenvalue weighted by Gasteiger charge is 2.72. The van der Waals surface area contributed by atoms with Crippen LogP contribution in [0.15, 0.2) is 0 Å². The zero-order valence-electron chi connectivity index (χ0n) is 15.6. The van der Waals surface area contributed by atoms with Gasteiger partial charge in [0.05, 0.1) is 17.4 Å². The lowest BCUT2D eigenvalue weighted by Gasteiger charge is -2.44. The molecular weight excluding hydrogens is 316 g/mol. The van der Waals surface area contributed by atoms with Crippen molar-refractivity contribution in [1.29, 1.82) is 0 Å². The van der Waals surface area contributed by atoms with Gasteiger partial charge >= 0.3 is 11.9 Å². The van der Waals surface area contributed by atoms with E-state index in [0.29, 0.717) is 36.2 Å². The van der Waals surface area contributed by atoms with Crippen LogP contribution in [0.1, 0.15) is 59.3 Å². The van der Waals surface area contributed by atoms with Gasteiger partial charge in [-0.15, -0.1) is 0 Å². The molecule has 4 bridgehead atoms. The molecule has 5 aliphatic rings. The highest BCUT2D eigenvalue weighted by atomic mass is 16.5. The Morgan fingerprint density at radius 1 is 1.24 bits per heavy atom. The molecule has 0 aromatic rings. The van der Waals surface area contributed by atoms with Crippen LogP contribution in [0.5, 0.6) is 0 Å². The molecule has 25 heavy (non-hydrogen) atoms. The molecule has 4 heteroatoms. The lowest BCUT2D eigenvalue weighted by atomic mass is 9.60. The van der Waals surface area contributed by atoms with Crippen LogP contribution in [0.25, 0.3) is 0 Å². The zero-order valence-corrected chi connectivity index (χ0v) is 15.6. The highest BCUT2D eigenvalue weighted by molar-refractivity contribution is 5.80. The van der Waals surface area contributed by atoms with Crippen LogP contribution in [0.2, 0.25) is 0 Å². The van der Waals surface area contributed by atoms with Crippen LogP contribution < -0.4 is 0 Å². The molecule has 1 heterocycles. The van der Waals surface area contributed by atoms with Crippen molar-refractivity contribution in [3.63, 3.8) is 0 Å². The average Bonchev–Trinajstić information content (AvgIpc) is 3.35. The molecule has 0 aromatic carbocycles. The summed E-state index contributed by atoms with van der Waals surface area (Å²) in [4.78, 5) is 25.1. The smallest absolute Gasteiger partial charge is 0.312 e. The normalized spacial score (nSPS) is 49.7. The quantitative estimate of drug-likeness (QED) is 0.579. The third-order valence-electron chi connectivity index (χ3n) is 8.86. The van der Waals surface area contributed by atoms with Gasteiger partial charge in [0.15, 0.2) is 0 Å². The highest BCUT2D eigenvalue weighted by Crippen LogP contribution is 2.73. The van der Waals surface area contributed by atoms with Gasteiger partial charge in [0.2, 0.25) is 0 Å². The fourth-order valence-corrected chi connectivity index (χ4v) is 7.40. The zero-order chi connectivity index (χ0) is 17.6. The summed E-state index contributed by atoms with van der Waals surface area (Å²) in [5.74, 6) is 3.78. The number of hydrogen-bond acceptors (Lipinski definition) is 4. The van der Waals surface area contributed by atoms with Crippen LogP contribution in [0, 0.1) is 46.3 Å². The topological polar surface area (TPSA) is 52.6 Å². The second-order valence-corrected chi connectivity index (χ2v) is 10.1. The van der Waals surface area contributed by atoms with E-state index in [1.165, 1.54) is 12.8 Å². The number of carbonyl (C=O) groups excluding carboxylic acids is 2. The van der Waals surface area contributed by atoms with Crippen molar-refractivity contribution in [3.8, 4) is 0 Å². The molecule has 4 aliphatic carbocycles. The van der Waals surface area contributed by atoms with E-state index in [-0.39, 0.29) is 23.5 Å². The van der Waals surface area contributed by atoms with Crippen LogP contribution in [0.4, 0.5) is 0 Å². The van der Waals surface area contributed by atoms with Crippen molar-refractivity contribution < 1.29 is 19.1 Å². The maximum absolute atomic E-state index is 12.6. The summed E-state index contributed by atoms with van der Waals surface area (Å²) < 4.78 is 11.4. The van der Waals surface area contributed by atoms with Gasteiger partial charge in [0, 0.05) is 0 Å². The first-order valence-corrected chi connectivity index (χ1v) is 10.3. The molecule has 1 spiro atoms. The Bertz CT molecular complexity index is 625. The van der Waals surface area contributed by atoms with E-state index in [9.17, 15) is 9.59 Å². The molecule has 4 saturated carbocycles. The third kappa shape index (κ3) is 1.94. The fraction of sp³-hybridized carbons (Fsp3) is 0.905. The number of fused-ring (bicyclic) bond motifs is 10. The number of rotatable bonds is 3. The molecule has 1 aliphatic heterocycles. The van der Waals surface area contributed by atoms with Gasteiger partial charge in [-0.05, 0) is 87.9 Å². The number of hydrogen-bond donors (Lipinski definition) is 0. The second-order valence-electron chi connectivity index (χ2n) is 10.1. The van der Waals surface area contributed by atoms with Gasteiger partial charge in [-0.25, -0.2) is 0 Å². The molecule has 8 atom stereocenters. The van der Waals surface area contributed by atoms with Gasteiger partial charge in [0.25, 0.3) is 0 Å². The average molecular weight is 346 g/mol. The van der Waals surface area contributed by atoms with Crippen molar-refractivity contribution in [2.45, 2.75) is 65.4 Å². The van der Waals surface area contributed by atoms with Crippen molar-refractivity contribution in [2.75, 3.05) is 6.61 Å². The minimum atomic E-state index is -0.396. The standard InChI is InChI=1S/C21H30O4/c1-4-20(2,3)18(22)25-15-9-11-7-13(15)17-14-8-12(16(11)17)10-21(14)5-6-24-19(21)23/h11-17H,4-10H2,1-3H3. The van der Waals surface area contributed by atoms with Crippen LogP contribution in [0.3, 0.4) is 0 Å². The van der Waals surface area contributed by atoms with Crippen molar-refractivity contribution in [2.24, 2.45) is 46.3 Å². The Morgan fingerprint density at radius 2 is 2.04 bits per heavy atom. The first-order valence-electron chi connectivity index (χ1n) is 10.3. The molecule has 0 radical (unpaired) electrons. The van der Waals surface area contributed by atoms with E-state index in [4.69, 9.17) is 9.47 Å². The maximum atomic E-state index is 12.6. The van der Waals surface area contributed by atoms with Crippen molar-refractivity contribution in [3.05, 3.63) is 0 Å². The van der Waals surface area contributed by atoms with Crippen LogP contribution in [-0.4, -0.2) is 24.6 Å². The van der Waals surface area contributed by atoms with Crippen molar-refractivity contribution in [1.82, 2.24) is 0 Å². The number of cyclic esters (lactones) is 1. The molecule has 5 fully saturated rings. The van der Waals surface area contributed by atoms with Gasteiger partial charge in [0.1, 0.15) is 6.10 Å². The molecular formula is C21H30O4. The van der Waals surface area contributed by atoms with Crippen LogP contribution >= 0.6 is 0 Å². The molecule has 0 N–H and O–H groups in total. The van der Waals surface area contributed by atoms with E-state index in [0.717, 1.165) is 31.6 Å². The van der Waals surface area contributed by atoms with E-state index in [1.807, 2.05) is 20.8 Å². The summed E-state index contributed by atoms with van der Waals surface area (Å²) in [7, 11) is 0. The molecule has 0 amide bonds. The minimum Gasteiger partial charge on any atom is -0.465 e. The first-order chi connectivity index (χ1) is 11.9. The third-order valence-corrected chi connectivity index (χ3v) is 8.86. The number of ether oxygens (including phenoxy) is 2. The summed E-state index contributed by atoms with van der Waals surface area (Å²) in [5, 5.41) is 0. The molecule has 138 valence electrons. The summed E-state index contributed by atoms with van der Waals surface area (Å²) in [6, 6.07) is 0. The lowest BCUT2D eigenvalue weighted by Crippen LogP contribution is -2.46. The molecule has 5 rings (SSSR count). The van der Waals surface area contributed by atoms with Gasteiger partial charge in [-0.3, -0.25) is 9.59 Å². The predicted molar refractivity (Wildman–Crippen MR) is 91.4 cm³/mol. The second kappa shape index (κ2) is 5.01. The predicted octanol–water partition coefficient (Wildman–Crippen LogP) is 3.58. The maximum Gasteiger partial charge on any atom is 0.312 e. The Morgan fingerprint density at radius 3 is 2.72 bits per heavy atom. The molecule has 4 nitrogen and oxygen atoms in total. The van der Waals surface area contributed by atoms with Gasteiger partial charge < -0.3 is 9.47 Å². The summed E-state index contributed by atoms with van der Waals surface area (Å²) in [6.07, 6.45) is 6.33. The number of esters is 2. The van der Waals surface area contributed by atoms with E-state index in [1.54, 1.807) is 0 Å². The van der Waals surface area contributed by atoms with Gasteiger partial charge in [-0.1, -0.05) is 6.92 Å². The Balaban J connectivity index is 1.37. The van der Waals surface area contributed by atoms with E-state index in [2.05, 4.69) is 0 Å². The summed E-state index contributed by atoms with van der Waals surface area (Å²) in [5.41, 5.74) is -0.583.